The monoisotopic (exact) mass is 379 g/mol. The number of pyridine rings is 1. The molecule has 0 radical (unpaired) electrons. The van der Waals surface area contributed by atoms with E-state index in [1.165, 1.54) is 7.05 Å². The molecule has 0 aliphatic rings. The fraction of sp³-hybridized carbons (Fsp3) is 0.273. The minimum atomic E-state index is -1.06. The van der Waals surface area contributed by atoms with Gasteiger partial charge >= 0.3 is 6.09 Å². The third kappa shape index (κ3) is 3.51. The number of hydrogen-bond donors (Lipinski definition) is 2. The Morgan fingerprint density at radius 2 is 1.82 bits per heavy atom. The van der Waals surface area contributed by atoms with Gasteiger partial charge in [0.1, 0.15) is 0 Å². The van der Waals surface area contributed by atoms with Crippen LogP contribution in [-0.2, 0) is 13.1 Å². The molecule has 6 heteroatoms. The van der Waals surface area contributed by atoms with Crippen LogP contribution < -0.4 is 16.2 Å². The van der Waals surface area contributed by atoms with E-state index >= 15 is 0 Å². The van der Waals surface area contributed by atoms with E-state index in [0.29, 0.717) is 23.0 Å². The number of anilines is 1. The van der Waals surface area contributed by atoms with Crippen molar-refractivity contribution < 1.29 is 9.90 Å². The summed E-state index contributed by atoms with van der Waals surface area (Å²) in [6.45, 7) is 4.90. The van der Waals surface area contributed by atoms with Crippen LogP contribution in [0, 0.1) is 5.92 Å². The molecule has 0 aliphatic heterocycles. The van der Waals surface area contributed by atoms with Crippen LogP contribution in [0.5, 0.6) is 0 Å². The van der Waals surface area contributed by atoms with E-state index in [0.717, 1.165) is 21.7 Å². The average Bonchev–Trinajstić information content (AvgIpc) is 2.69. The molecule has 0 fully saturated rings. The van der Waals surface area contributed by atoms with Crippen molar-refractivity contribution in [3.63, 3.8) is 0 Å². The maximum absolute atomic E-state index is 13.2. The van der Waals surface area contributed by atoms with Crippen molar-refractivity contribution in [2.24, 2.45) is 11.7 Å². The van der Waals surface area contributed by atoms with E-state index in [1.54, 1.807) is 22.8 Å². The lowest BCUT2D eigenvalue weighted by Gasteiger charge is -2.22. The number of nitrogens with two attached hydrogens (primary N) is 1. The third-order valence-corrected chi connectivity index (χ3v) is 4.84. The molecule has 1 amide bonds. The Hall–Kier alpha value is -3.12. The summed E-state index contributed by atoms with van der Waals surface area (Å²) in [6.07, 6.45) is -1.06. The molecule has 146 valence electrons. The fourth-order valence-corrected chi connectivity index (χ4v) is 3.50. The highest BCUT2D eigenvalue weighted by molar-refractivity contribution is 6.00. The first-order valence-corrected chi connectivity index (χ1v) is 9.26. The minimum absolute atomic E-state index is 0.103. The van der Waals surface area contributed by atoms with Gasteiger partial charge in [-0.2, -0.15) is 0 Å². The van der Waals surface area contributed by atoms with E-state index in [-0.39, 0.29) is 18.0 Å². The van der Waals surface area contributed by atoms with Gasteiger partial charge in [0.05, 0.1) is 0 Å². The van der Waals surface area contributed by atoms with Crippen LogP contribution in [0.1, 0.15) is 19.5 Å². The molecule has 3 aromatic rings. The summed E-state index contributed by atoms with van der Waals surface area (Å²) in [7, 11) is 1.48. The molecule has 0 spiro atoms. The molecule has 3 rings (SSSR count). The molecular formula is C22H25N3O3. The lowest BCUT2D eigenvalue weighted by atomic mass is 9.95. The summed E-state index contributed by atoms with van der Waals surface area (Å²) < 4.78 is 1.76. The van der Waals surface area contributed by atoms with Crippen LogP contribution in [0.2, 0.25) is 0 Å². The summed E-state index contributed by atoms with van der Waals surface area (Å²) in [4.78, 5) is 25.8. The van der Waals surface area contributed by atoms with Crippen LogP contribution in [-0.4, -0.2) is 22.8 Å². The van der Waals surface area contributed by atoms with Crippen LogP contribution in [0.4, 0.5) is 10.5 Å². The highest BCUT2D eigenvalue weighted by Gasteiger charge is 2.19. The number of carboxylic acid groups (broad SMARTS) is 1. The Balaban J connectivity index is 2.44. The average molecular weight is 379 g/mol. The number of benzene rings is 2. The second-order valence-electron chi connectivity index (χ2n) is 7.27. The van der Waals surface area contributed by atoms with Crippen LogP contribution in [0.15, 0.2) is 53.3 Å². The normalized spacial score (nSPS) is 11.2. The van der Waals surface area contributed by atoms with Gasteiger partial charge in [0, 0.05) is 42.5 Å². The standard InChI is InChI=1S/C22H25N3O3/c1-14(2)13-25-19(12-23)20(15-7-5-4-6-8-15)18-11-16(24(3)22(27)28)9-10-17(18)21(25)26/h4-11,14H,12-13,23H2,1-3H3,(H,27,28). The number of rotatable bonds is 5. The summed E-state index contributed by atoms with van der Waals surface area (Å²) in [5, 5.41) is 10.6. The van der Waals surface area contributed by atoms with Crippen molar-refractivity contribution in [3.8, 4) is 11.1 Å². The van der Waals surface area contributed by atoms with Crippen LogP contribution in [0.25, 0.3) is 21.9 Å². The number of nitrogens with zero attached hydrogens (tertiary/aromatic N) is 2. The lowest BCUT2D eigenvalue weighted by molar-refractivity contribution is 0.203. The molecule has 0 unspecified atom stereocenters. The Bertz CT molecular complexity index is 1070. The second-order valence-corrected chi connectivity index (χ2v) is 7.27. The third-order valence-electron chi connectivity index (χ3n) is 4.84. The number of aromatic nitrogens is 1. The van der Waals surface area contributed by atoms with Gasteiger partial charge in [-0.25, -0.2) is 4.79 Å². The lowest BCUT2D eigenvalue weighted by Crippen LogP contribution is -2.29. The first kappa shape index (κ1) is 19.6. The summed E-state index contributed by atoms with van der Waals surface area (Å²) >= 11 is 0. The summed E-state index contributed by atoms with van der Waals surface area (Å²) in [6, 6.07) is 14.9. The maximum atomic E-state index is 13.2. The Morgan fingerprint density at radius 1 is 1.14 bits per heavy atom. The van der Waals surface area contributed by atoms with Crippen molar-refractivity contribution in [1.82, 2.24) is 4.57 Å². The Labute approximate surface area is 163 Å². The predicted octanol–water partition coefficient (Wildman–Crippen LogP) is 3.90. The quantitative estimate of drug-likeness (QED) is 0.704. The maximum Gasteiger partial charge on any atom is 0.411 e. The number of hydrogen-bond acceptors (Lipinski definition) is 3. The molecule has 0 atom stereocenters. The first-order chi connectivity index (χ1) is 13.3. The molecule has 2 aromatic carbocycles. The molecule has 28 heavy (non-hydrogen) atoms. The molecule has 0 saturated carbocycles. The predicted molar refractivity (Wildman–Crippen MR) is 113 cm³/mol. The highest BCUT2D eigenvalue weighted by Crippen LogP contribution is 2.33. The second kappa shape index (κ2) is 7.86. The molecular weight excluding hydrogens is 354 g/mol. The molecule has 6 nitrogen and oxygen atoms in total. The van der Waals surface area contributed by atoms with Gasteiger partial charge in [0.2, 0.25) is 0 Å². The van der Waals surface area contributed by atoms with Crippen molar-refractivity contribution >= 4 is 22.6 Å². The van der Waals surface area contributed by atoms with Gasteiger partial charge in [0.15, 0.2) is 0 Å². The van der Waals surface area contributed by atoms with E-state index in [4.69, 9.17) is 5.73 Å². The van der Waals surface area contributed by atoms with Gasteiger partial charge < -0.3 is 15.4 Å². The van der Waals surface area contributed by atoms with Crippen molar-refractivity contribution in [2.45, 2.75) is 26.9 Å². The first-order valence-electron chi connectivity index (χ1n) is 9.26. The number of fused-ring (bicyclic) bond motifs is 1. The van der Waals surface area contributed by atoms with Gasteiger partial charge in [-0.15, -0.1) is 0 Å². The van der Waals surface area contributed by atoms with E-state index < -0.39 is 6.09 Å². The zero-order valence-electron chi connectivity index (χ0n) is 16.3. The smallest absolute Gasteiger partial charge is 0.411 e. The Morgan fingerprint density at radius 3 is 2.39 bits per heavy atom. The SMILES string of the molecule is CC(C)Cn1c(CN)c(-c2ccccc2)c2cc(N(C)C(=O)O)ccc2c1=O. The van der Waals surface area contributed by atoms with E-state index in [1.807, 2.05) is 30.3 Å². The van der Waals surface area contributed by atoms with Crippen molar-refractivity contribution in [1.29, 1.82) is 0 Å². The molecule has 0 aliphatic carbocycles. The summed E-state index contributed by atoms with van der Waals surface area (Å²) in [5.41, 5.74) is 9.08. The van der Waals surface area contributed by atoms with Gasteiger partial charge in [-0.1, -0.05) is 44.2 Å². The summed E-state index contributed by atoms with van der Waals surface area (Å²) in [5.74, 6) is 0.279. The highest BCUT2D eigenvalue weighted by atomic mass is 16.4. The van der Waals surface area contributed by atoms with E-state index in [2.05, 4.69) is 13.8 Å². The van der Waals surface area contributed by atoms with Crippen LogP contribution in [0.3, 0.4) is 0 Å². The number of carbonyl (C=O) groups is 1. The van der Waals surface area contributed by atoms with Crippen LogP contribution >= 0.6 is 0 Å². The zero-order chi connectivity index (χ0) is 20.4. The fourth-order valence-electron chi connectivity index (χ4n) is 3.50. The van der Waals surface area contributed by atoms with E-state index in [9.17, 15) is 14.7 Å². The molecule has 0 bridgehead atoms. The van der Waals surface area contributed by atoms with Crippen molar-refractivity contribution in [3.05, 3.63) is 64.6 Å². The molecule has 1 heterocycles. The zero-order valence-corrected chi connectivity index (χ0v) is 16.3. The Kier molecular flexibility index (Phi) is 5.51. The number of amides is 1. The largest absolute Gasteiger partial charge is 0.465 e. The van der Waals surface area contributed by atoms with Gasteiger partial charge in [-0.3, -0.25) is 9.69 Å². The molecule has 3 N–H and O–H groups in total. The molecule has 1 aromatic heterocycles. The molecule has 0 saturated heterocycles. The minimum Gasteiger partial charge on any atom is -0.465 e. The topological polar surface area (TPSA) is 88.6 Å². The van der Waals surface area contributed by atoms with Gasteiger partial charge in [-0.05, 0) is 35.1 Å². The van der Waals surface area contributed by atoms with Crippen molar-refractivity contribution in [2.75, 3.05) is 11.9 Å². The van der Waals surface area contributed by atoms with Gasteiger partial charge in [0.25, 0.3) is 5.56 Å².